The number of nitro benzene ring substituents is 1. The lowest BCUT2D eigenvalue weighted by atomic mass is 10.1. The molecule has 1 aliphatic heterocycles. The lowest BCUT2D eigenvalue weighted by molar-refractivity contribution is -0.386. The average Bonchev–Trinajstić information content (AvgIpc) is 3.00. The third-order valence-corrected chi connectivity index (χ3v) is 9.32. The third-order valence-electron chi connectivity index (χ3n) is 6.58. The molecule has 0 saturated carbocycles. The zero-order valence-corrected chi connectivity index (χ0v) is 24.7. The first-order valence-electron chi connectivity index (χ1n) is 12.9. The number of rotatable bonds is 10. The van der Waals surface area contributed by atoms with Gasteiger partial charge in [-0.05, 0) is 53.6 Å². The van der Waals surface area contributed by atoms with Crippen LogP contribution in [0, 0.1) is 10.1 Å². The summed E-state index contributed by atoms with van der Waals surface area (Å²) in [5.41, 5.74) is 1.81. The van der Waals surface area contributed by atoms with Gasteiger partial charge in [0.1, 0.15) is 18.1 Å². The van der Waals surface area contributed by atoms with Crippen molar-refractivity contribution in [3.8, 4) is 17.2 Å². The van der Waals surface area contributed by atoms with Crippen molar-refractivity contribution in [1.29, 1.82) is 0 Å². The van der Waals surface area contributed by atoms with Crippen molar-refractivity contribution < 1.29 is 32.3 Å². The van der Waals surface area contributed by atoms with Crippen LogP contribution in [-0.2, 0) is 27.0 Å². The number of hydrogen-bond donors (Lipinski definition) is 1. The maximum absolute atomic E-state index is 13.3. The molecule has 1 N–H and O–H groups in total. The number of carbonyl (C=O) groups excluding carboxylic acids is 1. The minimum atomic E-state index is -3.84. The minimum Gasteiger partial charge on any atom is -0.496 e. The Balaban J connectivity index is 1.37. The number of fused-ring (bicyclic) bond motifs is 1. The predicted octanol–water partition coefficient (Wildman–Crippen LogP) is 6.25. The second-order valence-corrected chi connectivity index (χ2v) is 12.5. The molecular weight excluding hydrogens is 592 g/mol. The van der Waals surface area contributed by atoms with E-state index in [9.17, 15) is 23.3 Å². The highest BCUT2D eigenvalue weighted by Gasteiger charge is 2.26. The van der Waals surface area contributed by atoms with E-state index in [2.05, 4.69) is 5.32 Å². The number of ether oxygens (including phenoxy) is 3. The van der Waals surface area contributed by atoms with Gasteiger partial charge in [-0.25, -0.2) is 8.42 Å². The number of nitro groups is 1. The Labute approximate surface area is 252 Å². The van der Waals surface area contributed by atoms with Crippen molar-refractivity contribution in [1.82, 2.24) is 0 Å². The molecule has 5 rings (SSSR count). The molecule has 1 heterocycles. The number of nitrogens with one attached hydrogen (secondary N) is 1. The van der Waals surface area contributed by atoms with E-state index in [1.807, 2.05) is 30.3 Å². The Morgan fingerprint density at radius 1 is 0.907 bits per heavy atom. The maximum atomic E-state index is 13.3. The summed E-state index contributed by atoms with van der Waals surface area (Å²) in [5.74, 6) is 0.0490. The molecule has 0 atom stereocenters. The largest absolute Gasteiger partial charge is 0.496 e. The van der Waals surface area contributed by atoms with E-state index < -0.39 is 20.7 Å². The van der Waals surface area contributed by atoms with Crippen LogP contribution in [0.4, 0.5) is 11.4 Å². The number of methoxy groups -OCH3 is 2. The Kier molecular flexibility index (Phi) is 8.69. The van der Waals surface area contributed by atoms with Gasteiger partial charge in [0.15, 0.2) is 15.6 Å². The summed E-state index contributed by atoms with van der Waals surface area (Å²) < 4.78 is 43.1. The number of sulfone groups is 1. The highest BCUT2D eigenvalue weighted by Crippen LogP contribution is 2.41. The highest BCUT2D eigenvalue weighted by molar-refractivity contribution is 8.04. The van der Waals surface area contributed by atoms with Gasteiger partial charge in [0.25, 0.3) is 5.91 Å². The van der Waals surface area contributed by atoms with Gasteiger partial charge in [0.05, 0.1) is 45.9 Å². The number of carbonyl (C=O) groups is 1. The third kappa shape index (κ3) is 6.65. The van der Waals surface area contributed by atoms with Crippen molar-refractivity contribution in [3.05, 3.63) is 117 Å². The van der Waals surface area contributed by atoms with Crippen LogP contribution in [0.5, 0.6) is 17.2 Å². The van der Waals surface area contributed by atoms with E-state index in [-0.39, 0.29) is 33.6 Å². The fourth-order valence-electron chi connectivity index (χ4n) is 4.45. The molecule has 0 bridgehead atoms. The molecule has 220 valence electrons. The molecule has 1 amide bonds. The second-order valence-electron chi connectivity index (χ2n) is 9.38. The van der Waals surface area contributed by atoms with Crippen LogP contribution in [0.15, 0.2) is 99.6 Å². The van der Waals surface area contributed by atoms with Crippen molar-refractivity contribution in [2.45, 2.75) is 22.2 Å². The molecule has 12 heteroatoms. The number of anilines is 1. The Hall–Kier alpha value is -4.81. The molecule has 0 radical (unpaired) electrons. The lowest BCUT2D eigenvalue weighted by Crippen LogP contribution is -2.18. The minimum absolute atomic E-state index is 0.0225. The number of amides is 1. The Morgan fingerprint density at radius 2 is 1.63 bits per heavy atom. The quantitative estimate of drug-likeness (QED) is 0.124. The molecule has 0 aromatic heterocycles. The van der Waals surface area contributed by atoms with Gasteiger partial charge in [0, 0.05) is 11.0 Å². The number of thioether (sulfide) groups is 1. The van der Waals surface area contributed by atoms with Crippen molar-refractivity contribution in [2.24, 2.45) is 0 Å². The summed E-state index contributed by atoms with van der Waals surface area (Å²) in [4.78, 5) is 25.1. The summed E-state index contributed by atoms with van der Waals surface area (Å²) >= 11 is 1.13. The van der Waals surface area contributed by atoms with Gasteiger partial charge in [0.2, 0.25) is 0 Å². The van der Waals surface area contributed by atoms with Gasteiger partial charge < -0.3 is 19.5 Å². The summed E-state index contributed by atoms with van der Waals surface area (Å²) in [6.45, 7) is 0.168. The summed E-state index contributed by atoms with van der Waals surface area (Å²) in [6, 6.07) is 23.3. The molecule has 0 unspecified atom stereocenters. The smallest absolute Gasteiger partial charge is 0.311 e. The van der Waals surface area contributed by atoms with Crippen LogP contribution in [0.1, 0.15) is 16.7 Å². The van der Waals surface area contributed by atoms with E-state index in [1.54, 1.807) is 30.3 Å². The highest BCUT2D eigenvalue weighted by atomic mass is 32.2. The summed E-state index contributed by atoms with van der Waals surface area (Å²) in [5, 5.41) is 14.5. The second kappa shape index (κ2) is 12.6. The fraction of sp³-hybridized carbons (Fsp3) is 0.129. The molecule has 43 heavy (non-hydrogen) atoms. The normalized spacial score (nSPS) is 13.6. The molecule has 4 aromatic carbocycles. The monoisotopic (exact) mass is 618 g/mol. The summed E-state index contributed by atoms with van der Waals surface area (Å²) in [7, 11) is -0.937. The van der Waals surface area contributed by atoms with Crippen LogP contribution >= 0.6 is 11.8 Å². The zero-order chi connectivity index (χ0) is 30.6. The van der Waals surface area contributed by atoms with E-state index >= 15 is 0 Å². The van der Waals surface area contributed by atoms with Gasteiger partial charge >= 0.3 is 5.69 Å². The van der Waals surface area contributed by atoms with Gasteiger partial charge in [-0.15, -0.1) is 0 Å². The zero-order valence-electron chi connectivity index (χ0n) is 23.1. The molecular formula is C31H26N2O8S2. The van der Waals surface area contributed by atoms with E-state index in [0.717, 1.165) is 17.3 Å². The number of hydrogen-bond acceptors (Lipinski definition) is 9. The Morgan fingerprint density at radius 3 is 2.30 bits per heavy atom. The Bertz CT molecular complexity index is 1820. The fourth-order valence-corrected chi connectivity index (χ4v) is 6.79. The van der Waals surface area contributed by atoms with Crippen molar-refractivity contribution >= 4 is 45.0 Å². The molecule has 4 aromatic rings. The number of benzene rings is 4. The van der Waals surface area contributed by atoms with E-state index in [4.69, 9.17) is 14.2 Å². The summed E-state index contributed by atoms with van der Waals surface area (Å²) in [6.07, 6.45) is 1.54. The van der Waals surface area contributed by atoms with Crippen LogP contribution in [0.3, 0.4) is 0 Å². The van der Waals surface area contributed by atoms with Gasteiger partial charge in [-0.2, -0.15) is 0 Å². The molecule has 0 aliphatic carbocycles. The average molecular weight is 619 g/mol. The van der Waals surface area contributed by atoms with Crippen LogP contribution in [-0.4, -0.2) is 33.5 Å². The SMILES string of the molecule is COc1cccc(OC)c1CS(=O)(=O)c1ccc2c(c1)NC(=O)C(=Cc1ccc(OCc3ccccc3)c([N+](=O)[O-])c1)S2. The van der Waals surface area contributed by atoms with E-state index in [1.165, 1.54) is 44.6 Å². The number of nitrogens with zero attached hydrogens (tertiary/aromatic N) is 1. The first-order chi connectivity index (χ1) is 20.7. The molecule has 0 fully saturated rings. The standard InChI is InChI=1S/C31H26N2O8S2/c1-39-26-9-6-10-27(40-2)23(26)19-43(37,38)22-12-14-29-24(17-22)32-31(34)30(42-29)16-21-11-13-28(25(15-21)33(35)36)41-18-20-7-4-3-5-8-20/h3-17H,18-19H2,1-2H3,(H,32,34). The van der Waals surface area contributed by atoms with Crippen molar-refractivity contribution in [2.75, 3.05) is 19.5 Å². The van der Waals surface area contributed by atoms with Crippen molar-refractivity contribution in [3.63, 3.8) is 0 Å². The predicted molar refractivity (Wildman–Crippen MR) is 163 cm³/mol. The topological polar surface area (TPSA) is 134 Å². The maximum Gasteiger partial charge on any atom is 0.311 e. The van der Waals surface area contributed by atoms with Gasteiger partial charge in [-0.1, -0.05) is 54.2 Å². The van der Waals surface area contributed by atoms with Gasteiger partial charge in [-0.3, -0.25) is 14.9 Å². The molecule has 0 saturated heterocycles. The first kappa shape index (κ1) is 29.7. The van der Waals surface area contributed by atoms with Crippen LogP contribution in [0.2, 0.25) is 0 Å². The molecule has 1 aliphatic rings. The first-order valence-corrected chi connectivity index (χ1v) is 15.4. The molecule has 10 nitrogen and oxygen atoms in total. The molecule has 0 spiro atoms. The van der Waals surface area contributed by atoms with Crippen LogP contribution in [0.25, 0.3) is 6.08 Å². The van der Waals surface area contributed by atoms with E-state index in [0.29, 0.717) is 33.2 Å². The van der Waals surface area contributed by atoms with Crippen LogP contribution < -0.4 is 19.5 Å². The lowest BCUT2D eigenvalue weighted by Gasteiger charge is -2.20.